The number of non-ortho nitro benzene ring substituents is 1. The van der Waals surface area contributed by atoms with E-state index in [9.17, 15) is 19.7 Å². The Morgan fingerprint density at radius 1 is 0.933 bits per heavy atom. The number of nitrogens with one attached hydrogen (secondary N) is 1. The molecule has 1 N–H and O–H groups in total. The summed E-state index contributed by atoms with van der Waals surface area (Å²) in [7, 11) is 0. The third-order valence-corrected chi connectivity index (χ3v) is 4.54. The molecule has 8 heteroatoms. The van der Waals surface area contributed by atoms with E-state index < -0.39 is 29.4 Å². The Kier molecular flexibility index (Phi) is 6.77. The Bertz CT molecular complexity index is 1040. The Morgan fingerprint density at radius 3 is 2.13 bits per heavy atom. The van der Waals surface area contributed by atoms with E-state index in [2.05, 4.69) is 5.32 Å². The summed E-state index contributed by atoms with van der Waals surface area (Å²) >= 11 is 5.96. The number of nitro groups is 1. The molecule has 152 valence electrons. The van der Waals surface area contributed by atoms with Gasteiger partial charge in [0.2, 0.25) is 0 Å². The lowest BCUT2D eigenvalue weighted by molar-refractivity contribution is -0.384. The van der Waals surface area contributed by atoms with Gasteiger partial charge in [0.25, 0.3) is 11.6 Å². The number of halogens is 1. The van der Waals surface area contributed by atoms with Gasteiger partial charge in [-0.25, -0.2) is 4.79 Å². The summed E-state index contributed by atoms with van der Waals surface area (Å²) in [5, 5.41) is 14.1. The molecule has 0 aliphatic heterocycles. The van der Waals surface area contributed by atoms with Crippen LogP contribution in [-0.2, 0) is 9.53 Å². The number of amides is 1. The van der Waals surface area contributed by atoms with Gasteiger partial charge < -0.3 is 10.1 Å². The Morgan fingerprint density at radius 2 is 1.53 bits per heavy atom. The Hall–Kier alpha value is -3.71. The lowest BCUT2D eigenvalue weighted by atomic mass is 9.99. The molecule has 0 saturated carbocycles. The van der Waals surface area contributed by atoms with Gasteiger partial charge in [-0.3, -0.25) is 14.9 Å². The van der Waals surface area contributed by atoms with Gasteiger partial charge in [0.1, 0.15) is 0 Å². The highest BCUT2D eigenvalue weighted by Crippen LogP contribution is 2.23. The summed E-state index contributed by atoms with van der Waals surface area (Å²) in [6, 6.07) is 20.9. The number of benzene rings is 3. The average molecular weight is 425 g/mol. The molecular formula is C22H17ClN2O5. The van der Waals surface area contributed by atoms with E-state index >= 15 is 0 Å². The molecule has 0 spiro atoms. The van der Waals surface area contributed by atoms with Crippen molar-refractivity contribution in [1.82, 2.24) is 5.32 Å². The molecule has 0 aliphatic rings. The number of rotatable bonds is 7. The second-order valence-electron chi connectivity index (χ2n) is 6.34. The fraction of sp³-hybridized carbons (Fsp3) is 0.0909. The van der Waals surface area contributed by atoms with Crippen LogP contribution in [0.3, 0.4) is 0 Å². The highest BCUT2D eigenvalue weighted by atomic mass is 35.5. The molecule has 1 amide bonds. The molecule has 3 rings (SSSR count). The van der Waals surface area contributed by atoms with Crippen LogP contribution in [0.25, 0.3) is 0 Å². The van der Waals surface area contributed by atoms with Crippen LogP contribution in [0.5, 0.6) is 0 Å². The number of hydrogen-bond donors (Lipinski definition) is 1. The van der Waals surface area contributed by atoms with Crippen molar-refractivity contribution in [3.8, 4) is 0 Å². The van der Waals surface area contributed by atoms with Crippen LogP contribution in [-0.4, -0.2) is 23.4 Å². The standard InChI is InChI=1S/C22H17ClN2O5/c23-18-10-6-16(7-11-18)21(15-4-2-1-3-5-15)24-20(26)14-30-22(27)17-8-12-19(13-9-17)25(28)29/h1-13,21H,14H2,(H,24,26). The fourth-order valence-corrected chi connectivity index (χ4v) is 2.92. The van der Waals surface area contributed by atoms with E-state index in [-0.39, 0.29) is 11.3 Å². The average Bonchev–Trinajstić information content (AvgIpc) is 2.77. The minimum atomic E-state index is -0.747. The lowest BCUT2D eigenvalue weighted by Crippen LogP contribution is -2.33. The van der Waals surface area contributed by atoms with E-state index in [0.717, 1.165) is 11.1 Å². The van der Waals surface area contributed by atoms with Gasteiger partial charge in [0.15, 0.2) is 6.61 Å². The van der Waals surface area contributed by atoms with Crippen LogP contribution in [0.4, 0.5) is 5.69 Å². The molecule has 3 aromatic carbocycles. The van der Waals surface area contributed by atoms with Gasteiger partial charge in [-0.1, -0.05) is 54.1 Å². The molecule has 0 heterocycles. The van der Waals surface area contributed by atoms with Crippen LogP contribution in [0.1, 0.15) is 27.5 Å². The number of hydrogen-bond acceptors (Lipinski definition) is 5. The van der Waals surface area contributed by atoms with Crippen LogP contribution in [0.2, 0.25) is 5.02 Å². The second-order valence-corrected chi connectivity index (χ2v) is 6.78. The van der Waals surface area contributed by atoms with Crippen LogP contribution < -0.4 is 5.32 Å². The number of nitro benzene ring substituents is 1. The van der Waals surface area contributed by atoms with Gasteiger partial charge in [-0.05, 0) is 35.4 Å². The van der Waals surface area contributed by atoms with Crippen molar-refractivity contribution in [3.63, 3.8) is 0 Å². The highest BCUT2D eigenvalue weighted by molar-refractivity contribution is 6.30. The zero-order valence-electron chi connectivity index (χ0n) is 15.7. The van der Waals surface area contributed by atoms with Gasteiger partial charge in [-0.2, -0.15) is 0 Å². The first-order chi connectivity index (χ1) is 14.4. The predicted octanol–water partition coefficient (Wildman–Crippen LogP) is 4.31. The molecule has 0 fully saturated rings. The molecule has 0 aliphatic carbocycles. The molecule has 0 bridgehead atoms. The maximum Gasteiger partial charge on any atom is 0.338 e. The first-order valence-electron chi connectivity index (χ1n) is 8.95. The zero-order chi connectivity index (χ0) is 21.5. The third-order valence-electron chi connectivity index (χ3n) is 4.29. The zero-order valence-corrected chi connectivity index (χ0v) is 16.4. The van der Waals surface area contributed by atoms with E-state index in [1.165, 1.54) is 24.3 Å². The summed E-state index contributed by atoms with van der Waals surface area (Å²) in [4.78, 5) is 34.7. The number of esters is 1. The van der Waals surface area contributed by atoms with Crippen molar-refractivity contribution < 1.29 is 19.2 Å². The lowest BCUT2D eigenvalue weighted by Gasteiger charge is -2.20. The van der Waals surface area contributed by atoms with Crippen molar-refractivity contribution in [1.29, 1.82) is 0 Å². The molecule has 0 saturated heterocycles. The molecule has 1 atom stereocenters. The van der Waals surface area contributed by atoms with Gasteiger partial charge in [0.05, 0.1) is 16.5 Å². The predicted molar refractivity (Wildman–Crippen MR) is 111 cm³/mol. The minimum absolute atomic E-state index is 0.116. The number of ether oxygens (including phenoxy) is 1. The largest absolute Gasteiger partial charge is 0.452 e. The summed E-state index contributed by atoms with van der Waals surface area (Å²) in [6.07, 6.45) is 0. The van der Waals surface area contributed by atoms with E-state index in [4.69, 9.17) is 16.3 Å². The number of carbonyl (C=O) groups is 2. The summed E-state index contributed by atoms with van der Waals surface area (Å²) in [6.45, 7) is -0.493. The van der Waals surface area contributed by atoms with Gasteiger partial charge in [-0.15, -0.1) is 0 Å². The number of carbonyl (C=O) groups excluding carboxylic acids is 2. The van der Waals surface area contributed by atoms with Crippen molar-refractivity contribution in [3.05, 3.63) is 111 Å². The third kappa shape index (κ3) is 5.42. The molecule has 3 aromatic rings. The number of nitrogens with zero attached hydrogens (tertiary/aromatic N) is 1. The molecule has 1 unspecified atom stereocenters. The van der Waals surface area contributed by atoms with Crippen LogP contribution in [0.15, 0.2) is 78.9 Å². The normalized spacial score (nSPS) is 11.4. The van der Waals surface area contributed by atoms with Crippen molar-refractivity contribution in [2.75, 3.05) is 6.61 Å². The Balaban J connectivity index is 1.66. The van der Waals surface area contributed by atoms with Crippen LogP contribution >= 0.6 is 11.6 Å². The minimum Gasteiger partial charge on any atom is -0.452 e. The maximum absolute atomic E-state index is 12.4. The smallest absolute Gasteiger partial charge is 0.338 e. The van der Waals surface area contributed by atoms with Crippen molar-refractivity contribution >= 4 is 29.2 Å². The molecule has 30 heavy (non-hydrogen) atoms. The SMILES string of the molecule is O=C(COC(=O)c1ccc([N+](=O)[O-])cc1)NC(c1ccccc1)c1ccc(Cl)cc1. The summed E-state index contributed by atoms with van der Waals surface area (Å²) in [5.74, 6) is -1.24. The van der Waals surface area contributed by atoms with E-state index in [0.29, 0.717) is 5.02 Å². The monoisotopic (exact) mass is 424 g/mol. The summed E-state index contributed by atoms with van der Waals surface area (Å²) in [5.41, 5.74) is 1.65. The molecule has 0 radical (unpaired) electrons. The fourth-order valence-electron chi connectivity index (χ4n) is 2.80. The van der Waals surface area contributed by atoms with Gasteiger partial charge >= 0.3 is 5.97 Å². The molecule has 7 nitrogen and oxygen atoms in total. The van der Waals surface area contributed by atoms with Crippen LogP contribution in [0, 0.1) is 10.1 Å². The summed E-state index contributed by atoms with van der Waals surface area (Å²) < 4.78 is 5.04. The highest BCUT2D eigenvalue weighted by Gasteiger charge is 2.18. The molecule has 0 aromatic heterocycles. The topological polar surface area (TPSA) is 98.5 Å². The quantitative estimate of drug-likeness (QED) is 0.346. The Labute approximate surface area is 177 Å². The first kappa shape index (κ1) is 21.0. The molecular weight excluding hydrogens is 408 g/mol. The van der Waals surface area contributed by atoms with E-state index in [1.54, 1.807) is 12.1 Å². The van der Waals surface area contributed by atoms with Gasteiger partial charge in [0, 0.05) is 17.2 Å². The first-order valence-corrected chi connectivity index (χ1v) is 9.33. The second kappa shape index (κ2) is 9.67. The maximum atomic E-state index is 12.4. The van der Waals surface area contributed by atoms with Crippen molar-refractivity contribution in [2.24, 2.45) is 0 Å². The van der Waals surface area contributed by atoms with Crippen molar-refractivity contribution in [2.45, 2.75) is 6.04 Å². The van der Waals surface area contributed by atoms with E-state index in [1.807, 2.05) is 42.5 Å².